The van der Waals surface area contributed by atoms with Gasteiger partial charge in [0, 0.05) is 66.3 Å². The van der Waals surface area contributed by atoms with Gasteiger partial charge in [0.1, 0.15) is 18.7 Å². The number of hydrogen-bond donors (Lipinski definition) is 1. The lowest BCUT2D eigenvalue weighted by Crippen LogP contribution is -2.52. The van der Waals surface area contributed by atoms with Gasteiger partial charge in [-0.2, -0.15) is 0 Å². The highest BCUT2D eigenvalue weighted by Crippen LogP contribution is 2.09. The largest absolute Gasteiger partial charge is 0.354 e. The van der Waals surface area contributed by atoms with E-state index in [1.807, 2.05) is 10.6 Å². The highest BCUT2D eigenvalue weighted by atomic mass is 16.2. The number of nitrogens with zero attached hydrogens (tertiary/aromatic N) is 7. The number of carbonyl (C=O) groups is 1. The van der Waals surface area contributed by atoms with Gasteiger partial charge >= 0.3 is 0 Å². The van der Waals surface area contributed by atoms with Gasteiger partial charge in [-0.15, -0.1) is 10.2 Å². The van der Waals surface area contributed by atoms with Gasteiger partial charge in [-0.3, -0.25) is 9.69 Å². The number of likely N-dealkylation sites (N-methyl/N-ethyl adjacent to an activating group) is 1. The minimum atomic E-state index is -0.00547. The van der Waals surface area contributed by atoms with Gasteiger partial charge in [0.25, 0.3) is 0 Å². The average molecular weight is 427 g/mol. The third-order valence-electron chi connectivity index (χ3n) is 5.43. The number of guanidine groups is 1. The number of amides is 1. The molecular formula is C22H34N8O. The molecule has 31 heavy (non-hydrogen) atoms. The molecule has 0 atom stereocenters. The first kappa shape index (κ1) is 22.7. The highest BCUT2D eigenvalue weighted by molar-refractivity contribution is 5.84. The SMILES string of the molecule is CCc1nncn1CCNC(=NCC(=O)N(C)C)N1CCN(Cc2ccccc2)CC1. The summed E-state index contributed by atoms with van der Waals surface area (Å²) in [5.74, 6) is 1.76. The quantitative estimate of drug-likeness (QED) is 0.494. The minimum absolute atomic E-state index is 0.00547. The van der Waals surface area contributed by atoms with Crippen LogP contribution in [0.25, 0.3) is 0 Å². The fraction of sp³-hybridized carbons (Fsp3) is 0.545. The minimum Gasteiger partial charge on any atom is -0.354 e. The molecule has 1 amide bonds. The van der Waals surface area contributed by atoms with E-state index in [0.717, 1.165) is 57.5 Å². The van der Waals surface area contributed by atoms with E-state index in [1.165, 1.54) is 5.56 Å². The molecule has 0 radical (unpaired) electrons. The molecule has 0 aliphatic carbocycles. The van der Waals surface area contributed by atoms with Crippen molar-refractivity contribution < 1.29 is 4.79 Å². The summed E-state index contributed by atoms with van der Waals surface area (Å²) in [5.41, 5.74) is 1.33. The summed E-state index contributed by atoms with van der Waals surface area (Å²) in [5, 5.41) is 11.6. The van der Waals surface area contributed by atoms with Crippen LogP contribution >= 0.6 is 0 Å². The molecule has 1 aromatic carbocycles. The molecule has 1 aliphatic rings. The molecule has 168 valence electrons. The second-order valence-electron chi connectivity index (χ2n) is 7.90. The van der Waals surface area contributed by atoms with Crippen LogP contribution in [0.1, 0.15) is 18.3 Å². The Balaban J connectivity index is 1.57. The van der Waals surface area contributed by atoms with Crippen LogP contribution in [0.15, 0.2) is 41.7 Å². The van der Waals surface area contributed by atoms with Crippen LogP contribution in [0.5, 0.6) is 0 Å². The van der Waals surface area contributed by atoms with Gasteiger partial charge in [0.05, 0.1) is 0 Å². The molecule has 1 fully saturated rings. The van der Waals surface area contributed by atoms with Gasteiger partial charge in [0.2, 0.25) is 5.91 Å². The summed E-state index contributed by atoms with van der Waals surface area (Å²) < 4.78 is 2.05. The molecule has 1 N–H and O–H groups in total. The number of aryl methyl sites for hydroxylation is 1. The van der Waals surface area contributed by atoms with Crippen molar-refractivity contribution in [2.45, 2.75) is 26.4 Å². The van der Waals surface area contributed by atoms with E-state index in [0.29, 0.717) is 6.54 Å². The van der Waals surface area contributed by atoms with Crippen LogP contribution in [-0.4, -0.2) is 94.7 Å². The summed E-state index contributed by atoms with van der Waals surface area (Å²) in [6.45, 7) is 8.31. The third-order valence-corrected chi connectivity index (χ3v) is 5.43. The molecule has 2 aromatic rings. The summed E-state index contributed by atoms with van der Waals surface area (Å²) >= 11 is 0. The van der Waals surface area contributed by atoms with Crippen molar-refractivity contribution in [2.75, 3.05) is 53.4 Å². The Labute approximate surface area is 184 Å². The smallest absolute Gasteiger partial charge is 0.243 e. The normalized spacial score (nSPS) is 15.2. The van der Waals surface area contributed by atoms with E-state index in [9.17, 15) is 4.79 Å². The molecule has 9 nitrogen and oxygen atoms in total. The van der Waals surface area contributed by atoms with Gasteiger partial charge < -0.3 is 19.7 Å². The van der Waals surface area contributed by atoms with Gasteiger partial charge in [-0.1, -0.05) is 37.3 Å². The zero-order valence-electron chi connectivity index (χ0n) is 18.9. The number of carbonyl (C=O) groups excluding carboxylic acids is 1. The van der Waals surface area contributed by atoms with E-state index in [2.05, 4.69) is 61.5 Å². The van der Waals surface area contributed by atoms with Crippen molar-refractivity contribution in [3.8, 4) is 0 Å². The monoisotopic (exact) mass is 426 g/mol. The summed E-state index contributed by atoms with van der Waals surface area (Å²) in [4.78, 5) is 23.0. The maximum absolute atomic E-state index is 12.1. The Hall–Kier alpha value is -2.94. The number of benzene rings is 1. The van der Waals surface area contributed by atoms with Gasteiger partial charge in [0.15, 0.2) is 5.96 Å². The molecular weight excluding hydrogens is 392 g/mol. The van der Waals surface area contributed by atoms with E-state index in [1.54, 1.807) is 25.3 Å². The van der Waals surface area contributed by atoms with Gasteiger partial charge in [-0.05, 0) is 5.56 Å². The zero-order valence-corrected chi connectivity index (χ0v) is 18.9. The van der Waals surface area contributed by atoms with Crippen LogP contribution in [0.2, 0.25) is 0 Å². The third kappa shape index (κ3) is 6.78. The lowest BCUT2D eigenvalue weighted by molar-refractivity contribution is -0.127. The maximum atomic E-state index is 12.1. The van der Waals surface area contributed by atoms with Crippen molar-refractivity contribution in [1.29, 1.82) is 0 Å². The van der Waals surface area contributed by atoms with E-state index in [-0.39, 0.29) is 12.5 Å². The van der Waals surface area contributed by atoms with Crippen LogP contribution in [0, 0.1) is 0 Å². The predicted molar refractivity (Wildman–Crippen MR) is 122 cm³/mol. The Kier molecular flexibility index (Phi) is 8.40. The van der Waals surface area contributed by atoms with E-state index >= 15 is 0 Å². The predicted octanol–water partition coefficient (Wildman–Crippen LogP) is 0.692. The topological polar surface area (TPSA) is 81.9 Å². The van der Waals surface area contributed by atoms with Crippen molar-refractivity contribution in [1.82, 2.24) is 34.8 Å². The fourth-order valence-electron chi connectivity index (χ4n) is 3.54. The average Bonchev–Trinajstić information content (AvgIpc) is 3.24. The van der Waals surface area contributed by atoms with Crippen LogP contribution in [-0.2, 0) is 24.3 Å². The number of piperazine rings is 1. The Morgan fingerprint density at radius 3 is 2.58 bits per heavy atom. The van der Waals surface area contributed by atoms with Crippen molar-refractivity contribution >= 4 is 11.9 Å². The molecule has 1 saturated heterocycles. The second-order valence-corrected chi connectivity index (χ2v) is 7.90. The first-order valence-electron chi connectivity index (χ1n) is 10.9. The number of rotatable bonds is 8. The Bertz CT molecular complexity index is 840. The lowest BCUT2D eigenvalue weighted by atomic mass is 10.2. The van der Waals surface area contributed by atoms with Crippen molar-refractivity contribution in [3.05, 3.63) is 48.0 Å². The van der Waals surface area contributed by atoms with Gasteiger partial charge in [-0.25, -0.2) is 4.99 Å². The Morgan fingerprint density at radius 2 is 1.90 bits per heavy atom. The highest BCUT2D eigenvalue weighted by Gasteiger charge is 2.20. The molecule has 3 rings (SSSR count). The molecule has 0 unspecified atom stereocenters. The molecule has 1 aliphatic heterocycles. The second kappa shape index (κ2) is 11.5. The van der Waals surface area contributed by atoms with E-state index < -0.39 is 0 Å². The van der Waals surface area contributed by atoms with Crippen LogP contribution in [0.3, 0.4) is 0 Å². The number of aromatic nitrogens is 3. The first-order valence-corrected chi connectivity index (χ1v) is 10.9. The lowest BCUT2D eigenvalue weighted by Gasteiger charge is -2.36. The van der Waals surface area contributed by atoms with Crippen molar-refractivity contribution in [2.24, 2.45) is 4.99 Å². The number of aliphatic imine (C=N–C) groups is 1. The molecule has 9 heteroatoms. The summed E-state index contributed by atoms with van der Waals surface area (Å²) in [6.07, 6.45) is 2.61. The summed E-state index contributed by atoms with van der Waals surface area (Å²) in [7, 11) is 3.51. The van der Waals surface area contributed by atoms with Crippen LogP contribution in [0.4, 0.5) is 0 Å². The van der Waals surface area contributed by atoms with E-state index in [4.69, 9.17) is 0 Å². The van der Waals surface area contributed by atoms with Crippen LogP contribution < -0.4 is 5.32 Å². The molecule has 1 aromatic heterocycles. The molecule has 0 saturated carbocycles. The standard InChI is InChI=1S/C22H34N8O/c1-4-20-26-25-18-30(20)11-10-23-22(24-16-21(31)27(2)3)29-14-12-28(13-15-29)17-19-8-6-5-7-9-19/h5-9,18H,4,10-17H2,1-3H3,(H,23,24). The first-order chi connectivity index (χ1) is 15.1. The number of hydrogen-bond acceptors (Lipinski definition) is 5. The zero-order chi connectivity index (χ0) is 22.1. The fourth-order valence-corrected chi connectivity index (χ4v) is 3.54. The molecule has 0 bridgehead atoms. The Morgan fingerprint density at radius 1 is 1.16 bits per heavy atom. The number of nitrogens with one attached hydrogen (secondary N) is 1. The summed E-state index contributed by atoms with van der Waals surface area (Å²) in [6, 6.07) is 10.6. The molecule has 2 heterocycles. The molecule has 0 spiro atoms. The van der Waals surface area contributed by atoms with Crippen molar-refractivity contribution in [3.63, 3.8) is 0 Å². The maximum Gasteiger partial charge on any atom is 0.243 e.